The van der Waals surface area contributed by atoms with E-state index >= 15 is 0 Å². The standard InChI is InChI=1S/C7H12O2.C5H4N2O2/c1-5-6(8)9-7(2,3)4;8-5(9)4-3-6-1-2-7-4/h5H,1H2,2-4H3;1-3H,(H,8,9). The molecule has 0 aliphatic heterocycles. The van der Waals surface area contributed by atoms with Gasteiger partial charge in [-0.25, -0.2) is 14.6 Å². The molecule has 1 heterocycles. The van der Waals surface area contributed by atoms with Gasteiger partial charge in [0.05, 0.1) is 6.20 Å². The topological polar surface area (TPSA) is 89.4 Å². The molecule has 0 saturated carbocycles. The Morgan fingerprint density at radius 3 is 2.22 bits per heavy atom. The third-order valence-electron chi connectivity index (χ3n) is 1.36. The lowest BCUT2D eigenvalue weighted by Crippen LogP contribution is -2.22. The summed E-state index contributed by atoms with van der Waals surface area (Å²) in [6.07, 6.45) is 5.11. The average Bonchev–Trinajstić information content (AvgIpc) is 2.28. The van der Waals surface area contributed by atoms with Gasteiger partial charge in [0, 0.05) is 18.5 Å². The SMILES string of the molecule is C=CC(=O)OC(C)(C)C.O=C(O)c1cnccn1. The van der Waals surface area contributed by atoms with Gasteiger partial charge < -0.3 is 9.84 Å². The van der Waals surface area contributed by atoms with Crippen molar-refractivity contribution in [2.45, 2.75) is 26.4 Å². The molecule has 0 fully saturated rings. The van der Waals surface area contributed by atoms with Crippen LogP contribution in [0.2, 0.25) is 0 Å². The molecule has 0 bridgehead atoms. The van der Waals surface area contributed by atoms with E-state index in [1.807, 2.05) is 20.8 Å². The molecule has 0 radical (unpaired) electrons. The van der Waals surface area contributed by atoms with Gasteiger partial charge in [-0.3, -0.25) is 4.98 Å². The summed E-state index contributed by atoms with van der Waals surface area (Å²) in [5.41, 5.74) is -0.428. The lowest BCUT2D eigenvalue weighted by atomic mass is 10.2. The van der Waals surface area contributed by atoms with Gasteiger partial charge in [0.25, 0.3) is 0 Å². The van der Waals surface area contributed by atoms with Crippen molar-refractivity contribution >= 4 is 11.9 Å². The van der Waals surface area contributed by atoms with Gasteiger partial charge in [-0.2, -0.15) is 0 Å². The number of carbonyl (C=O) groups is 2. The van der Waals surface area contributed by atoms with E-state index in [4.69, 9.17) is 9.84 Å². The second-order valence-corrected chi connectivity index (χ2v) is 4.13. The third-order valence-corrected chi connectivity index (χ3v) is 1.36. The Balaban J connectivity index is 0.000000321. The minimum absolute atomic E-state index is 0.0301. The molecule has 1 N–H and O–H groups in total. The van der Waals surface area contributed by atoms with Crippen LogP contribution in [0.3, 0.4) is 0 Å². The van der Waals surface area contributed by atoms with Gasteiger partial charge in [0.15, 0.2) is 5.69 Å². The van der Waals surface area contributed by atoms with Crippen LogP contribution in [-0.4, -0.2) is 32.6 Å². The number of carbonyl (C=O) groups excluding carboxylic acids is 1. The zero-order chi connectivity index (χ0) is 14.2. The number of carboxylic acid groups (broad SMARTS) is 1. The second-order valence-electron chi connectivity index (χ2n) is 4.13. The number of ether oxygens (including phenoxy) is 1. The molecule has 0 atom stereocenters. The van der Waals surface area contributed by atoms with Gasteiger partial charge in [0.1, 0.15) is 5.60 Å². The molecular formula is C12H16N2O4. The maximum Gasteiger partial charge on any atom is 0.356 e. The quantitative estimate of drug-likeness (QED) is 0.636. The highest BCUT2D eigenvalue weighted by Gasteiger charge is 2.12. The molecule has 0 aliphatic carbocycles. The van der Waals surface area contributed by atoms with Crippen molar-refractivity contribution in [1.82, 2.24) is 9.97 Å². The van der Waals surface area contributed by atoms with Crippen LogP contribution in [0.5, 0.6) is 0 Å². The molecule has 0 saturated heterocycles. The summed E-state index contributed by atoms with van der Waals surface area (Å²) in [6.45, 7) is 8.71. The molecule has 18 heavy (non-hydrogen) atoms. The van der Waals surface area contributed by atoms with Gasteiger partial charge in [-0.15, -0.1) is 0 Å². The lowest BCUT2D eigenvalue weighted by molar-refractivity contribution is -0.148. The first-order valence-electron chi connectivity index (χ1n) is 5.11. The number of aromatic nitrogens is 2. The first-order chi connectivity index (χ1) is 8.26. The zero-order valence-electron chi connectivity index (χ0n) is 10.6. The summed E-state index contributed by atoms with van der Waals surface area (Å²) in [5, 5.41) is 8.28. The molecule has 6 heteroatoms. The van der Waals surface area contributed by atoms with Crippen LogP contribution < -0.4 is 0 Å². The summed E-state index contributed by atoms with van der Waals surface area (Å²) < 4.78 is 4.83. The lowest BCUT2D eigenvalue weighted by Gasteiger charge is -2.17. The molecule has 98 valence electrons. The van der Waals surface area contributed by atoms with Crippen molar-refractivity contribution in [2.24, 2.45) is 0 Å². The Bertz CT molecular complexity index is 410. The fraction of sp³-hybridized carbons (Fsp3) is 0.333. The molecule has 1 rings (SSSR count). The molecule has 0 aliphatic rings. The van der Waals surface area contributed by atoms with Gasteiger partial charge in [-0.05, 0) is 20.8 Å². The van der Waals surface area contributed by atoms with E-state index in [1.54, 1.807) is 0 Å². The Kier molecular flexibility index (Phi) is 6.27. The van der Waals surface area contributed by atoms with Crippen LogP contribution in [0.1, 0.15) is 31.3 Å². The predicted octanol–water partition coefficient (Wildman–Crippen LogP) is 1.69. The summed E-state index contributed by atoms with van der Waals surface area (Å²) >= 11 is 0. The van der Waals surface area contributed by atoms with E-state index in [-0.39, 0.29) is 11.7 Å². The normalized spacial score (nSPS) is 9.72. The Labute approximate surface area is 105 Å². The number of carboxylic acids is 1. The Morgan fingerprint density at radius 1 is 1.39 bits per heavy atom. The fourth-order valence-corrected chi connectivity index (χ4v) is 0.753. The Morgan fingerprint density at radius 2 is 2.00 bits per heavy atom. The number of nitrogens with zero attached hydrogens (tertiary/aromatic N) is 2. The number of rotatable bonds is 2. The van der Waals surface area contributed by atoms with E-state index in [1.165, 1.54) is 18.6 Å². The molecule has 1 aromatic rings. The first kappa shape index (κ1) is 15.8. The van der Waals surface area contributed by atoms with Crippen LogP contribution >= 0.6 is 0 Å². The van der Waals surface area contributed by atoms with Gasteiger partial charge >= 0.3 is 11.9 Å². The fourth-order valence-electron chi connectivity index (χ4n) is 0.753. The smallest absolute Gasteiger partial charge is 0.356 e. The van der Waals surface area contributed by atoms with E-state index in [9.17, 15) is 9.59 Å². The van der Waals surface area contributed by atoms with Crippen LogP contribution in [0.15, 0.2) is 31.2 Å². The maximum absolute atomic E-state index is 10.5. The van der Waals surface area contributed by atoms with Crippen molar-refractivity contribution in [3.05, 3.63) is 36.9 Å². The number of aromatic carboxylic acids is 1. The van der Waals surface area contributed by atoms with Crippen molar-refractivity contribution in [3.8, 4) is 0 Å². The van der Waals surface area contributed by atoms with Crippen molar-refractivity contribution in [1.29, 1.82) is 0 Å². The van der Waals surface area contributed by atoms with E-state index in [0.29, 0.717) is 0 Å². The molecule has 1 aromatic heterocycles. The van der Waals surface area contributed by atoms with Gasteiger partial charge in [0.2, 0.25) is 0 Å². The predicted molar refractivity (Wildman–Crippen MR) is 65.0 cm³/mol. The van der Waals surface area contributed by atoms with Crippen LogP contribution in [-0.2, 0) is 9.53 Å². The largest absolute Gasteiger partial charge is 0.476 e. The minimum Gasteiger partial charge on any atom is -0.476 e. The number of esters is 1. The summed E-state index contributed by atoms with van der Waals surface area (Å²) in [4.78, 5) is 27.7. The molecule has 0 aromatic carbocycles. The minimum atomic E-state index is -1.05. The van der Waals surface area contributed by atoms with E-state index < -0.39 is 11.6 Å². The summed E-state index contributed by atoms with van der Waals surface area (Å²) in [7, 11) is 0. The van der Waals surface area contributed by atoms with Crippen molar-refractivity contribution in [2.75, 3.05) is 0 Å². The van der Waals surface area contributed by atoms with E-state index in [0.717, 1.165) is 6.08 Å². The Hall–Kier alpha value is -2.24. The third kappa shape index (κ3) is 7.98. The highest BCUT2D eigenvalue weighted by molar-refractivity contribution is 5.84. The summed E-state index contributed by atoms with van der Waals surface area (Å²) in [5.74, 6) is -1.43. The van der Waals surface area contributed by atoms with Crippen molar-refractivity contribution < 1.29 is 19.4 Å². The molecule has 6 nitrogen and oxygen atoms in total. The highest BCUT2D eigenvalue weighted by atomic mass is 16.6. The van der Waals surface area contributed by atoms with Crippen LogP contribution in [0.4, 0.5) is 0 Å². The highest BCUT2D eigenvalue weighted by Crippen LogP contribution is 2.06. The summed E-state index contributed by atoms with van der Waals surface area (Å²) in [6, 6.07) is 0. The number of hydrogen-bond donors (Lipinski definition) is 1. The molecular weight excluding hydrogens is 236 g/mol. The first-order valence-corrected chi connectivity index (χ1v) is 5.11. The maximum atomic E-state index is 10.5. The van der Waals surface area contributed by atoms with Crippen LogP contribution in [0.25, 0.3) is 0 Å². The second kappa shape index (κ2) is 7.16. The van der Waals surface area contributed by atoms with Crippen molar-refractivity contribution in [3.63, 3.8) is 0 Å². The van der Waals surface area contributed by atoms with Gasteiger partial charge in [-0.1, -0.05) is 6.58 Å². The molecule has 0 spiro atoms. The zero-order valence-corrected chi connectivity index (χ0v) is 10.6. The molecule has 0 unspecified atom stereocenters. The number of hydrogen-bond acceptors (Lipinski definition) is 5. The van der Waals surface area contributed by atoms with E-state index in [2.05, 4.69) is 16.5 Å². The monoisotopic (exact) mass is 252 g/mol. The van der Waals surface area contributed by atoms with Crippen LogP contribution in [0, 0.1) is 0 Å². The molecule has 0 amide bonds. The average molecular weight is 252 g/mol.